The lowest BCUT2D eigenvalue weighted by molar-refractivity contribution is 0.0624. The van der Waals surface area contributed by atoms with Crippen LogP contribution < -0.4 is 14.4 Å². The van der Waals surface area contributed by atoms with Gasteiger partial charge in [0.05, 0.1) is 30.5 Å². The summed E-state index contributed by atoms with van der Waals surface area (Å²) in [5, 5.41) is 5.53. The van der Waals surface area contributed by atoms with E-state index in [2.05, 4.69) is 17.0 Å². The molecule has 2 saturated heterocycles. The van der Waals surface area contributed by atoms with Crippen LogP contribution in [0.2, 0.25) is 5.02 Å². The van der Waals surface area contributed by atoms with Crippen LogP contribution >= 0.6 is 11.6 Å². The first-order valence-corrected chi connectivity index (χ1v) is 12.9. The standard InChI is InChI=1S/C27H34ClN3O4/c1-32-21-6-7-22(23(28)16-21)24-4-3-5-25-26(27(33-2)29-31(24)25)30(17-19-8-12-34-13-9-19)18-20-10-14-35-15-11-20/h3-7,16,19-20H,8-15,17-18H2,1-2H3. The van der Waals surface area contributed by atoms with Crippen LogP contribution in [0.15, 0.2) is 36.4 Å². The average Bonchev–Trinajstić information content (AvgIpc) is 3.28. The number of methoxy groups -OCH3 is 2. The second-order valence-electron chi connectivity index (χ2n) is 9.43. The van der Waals surface area contributed by atoms with Gasteiger partial charge >= 0.3 is 0 Å². The lowest BCUT2D eigenvalue weighted by Gasteiger charge is -2.34. The molecule has 0 spiro atoms. The molecule has 2 aliphatic heterocycles. The van der Waals surface area contributed by atoms with Crippen LogP contribution in [0.4, 0.5) is 5.69 Å². The van der Waals surface area contributed by atoms with E-state index in [-0.39, 0.29) is 0 Å². The fourth-order valence-corrected chi connectivity index (χ4v) is 5.51. The van der Waals surface area contributed by atoms with Crippen LogP contribution in [0.1, 0.15) is 25.7 Å². The van der Waals surface area contributed by atoms with E-state index in [1.54, 1.807) is 14.2 Å². The maximum absolute atomic E-state index is 6.66. The first-order chi connectivity index (χ1) is 17.2. The van der Waals surface area contributed by atoms with Crippen molar-refractivity contribution in [1.82, 2.24) is 9.61 Å². The number of hydrogen-bond donors (Lipinski definition) is 0. The van der Waals surface area contributed by atoms with Crippen LogP contribution in [0.5, 0.6) is 11.6 Å². The summed E-state index contributed by atoms with van der Waals surface area (Å²) in [6, 6.07) is 12.0. The van der Waals surface area contributed by atoms with Gasteiger partial charge < -0.3 is 23.8 Å². The SMILES string of the molecule is COc1ccc(-c2cccc3c(N(CC4CCOCC4)CC4CCOCC4)c(OC)nn23)c(Cl)c1. The Kier molecular flexibility index (Phi) is 7.66. The Balaban J connectivity index is 1.57. The van der Waals surface area contributed by atoms with Gasteiger partial charge in [0.25, 0.3) is 5.88 Å². The third kappa shape index (κ3) is 5.22. The molecule has 0 unspecified atom stereocenters. The largest absolute Gasteiger partial charge is 0.497 e. The van der Waals surface area contributed by atoms with E-state index in [0.717, 1.165) is 93.4 Å². The Hall–Kier alpha value is -2.48. The Morgan fingerprint density at radius 2 is 1.60 bits per heavy atom. The monoisotopic (exact) mass is 499 g/mol. The van der Waals surface area contributed by atoms with Crippen molar-refractivity contribution in [3.63, 3.8) is 0 Å². The quantitative estimate of drug-likeness (QED) is 0.417. The predicted molar refractivity (Wildman–Crippen MR) is 138 cm³/mol. The molecular formula is C27H34ClN3O4. The lowest BCUT2D eigenvalue weighted by Crippen LogP contribution is -2.37. The van der Waals surface area contributed by atoms with Crippen LogP contribution in [0.3, 0.4) is 0 Å². The highest BCUT2D eigenvalue weighted by Crippen LogP contribution is 2.39. The smallest absolute Gasteiger partial charge is 0.257 e. The number of hydrogen-bond acceptors (Lipinski definition) is 6. The third-order valence-corrected chi connectivity index (χ3v) is 7.51. The van der Waals surface area contributed by atoms with E-state index >= 15 is 0 Å². The second kappa shape index (κ2) is 11.1. The number of pyridine rings is 1. The van der Waals surface area contributed by atoms with E-state index in [9.17, 15) is 0 Å². The van der Waals surface area contributed by atoms with Crippen LogP contribution in [0, 0.1) is 11.8 Å². The number of benzene rings is 1. The van der Waals surface area contributed by atoms with E-state index < -0.39 is 0 Å². The van der Waals surface area contributed by atoms with Gasteiger partial charge in [-0.15, -0.1) is 5.10 Å². The van der Waals surface area contributed by atoms with Gasteiger partial charge in [-0.1, -0.05) is 17.7 Å². The summed E-state index contributed by atoms with van der Waals surface area (Å²) in [6.07, 6.45) is 4.33. The molecule has 0 N–H and O–H groups in total. The summed E-state index contributed by atoms with van der Waals surface area (Å²) in [5.41, 5.74) is 3.88. The van der Waals surface area contributed by atoms with Crippen molar-refractivity contribution in [2.75, 3.05) is 58.6 Å². The zero-order valence-electron chi connectivity index (χ0n) is 20.5. The minimum atomic E-state index is 0.586. The molecule has 0 atom stereocenters. The molecule has 35 heavy (non-hydrogen) atoms. The molecular weight excluding hydrogens is 466 g/mol. The van der Waals surface area contributed by atoms with E-state index in [0.29, 0.717) is 22.7 Å². The zero-order chi connectivity index (χ0) is 24.2. The van der Waals surface area contributed by atoms with Gasteiger partial charge in [-0.05, 0) is 67.9 Å². The molecule has 0 saturated carbocycles. The van der Waals surface area contributed by atoms with Crippen LogP contribution in [0.25, 0.3) is 16.8 Å². The molecule has 0 bridgehead atoms. The van der Waals surface area contributed by atoms with Crippen LogP contribution in [-0.2, 0) is 9.47 Å². The van der Waals surface area contributed by atoms with Crippen molar-refractivity contribution in [3.05, 3.63) is 41.4 Å². The third-order valence-electron chi connectivity index (χ3n) is 7.20. The van der Waals surface area contributed by atoms with Crippen molar-refractivity contribution < 1.29 is 18.9 Å². The molecule has 0 amide bonds. The average molecular weight is 500 g/mol. The molecule has 3 aromatic rings. The fourth-order valence-electron chi connectivity index (χ4n) is 5.24. The molecule has 0 radical (unpaired) electrons. The number of anilines is 1. The highest BCUT2D eigenvalue weighted by molar-refractivity contribution is 6.33. The maximum Gasteiger partial charge on any atom is 0.257 e. The normalized spacial score (nSPS) is 17.6. The predicted octanol–water partition coefficient (Wildman–Crippen LogP) is 5.33. The molecule has 4 heterocycles. The molecule has 8 heteroatoms. The van der Waals surface area contributed by atoms with Gasteiger partial charge in [-0.3, -0.25) is 0 Å². The molecule has 2 aromatic heterocycles. The lowest BCUT2D eigenvalue weighted by atomic mass is 9.96. The molecule has 188 valence electrons. The summed E-state index contributed by atoms with van der Waals surface area (Å²) in [7, 11) is 3.34. The van der Waals surface area contributed by atoms with Gasteiger partial charge in [0, 0.05) is 45.1 Å². The topological polar surface area (TPSA) is 57.5 Å². The van der Waals surface area contributed by atoms with Gasteiger partial charge in [-0.2, -0.15) is 0 Å². The van der Waals surface area contributed by atoms with Crippen molar-refractivity contribution >= 4 is 22.8 Å². The second-order valence-corrected chi connectivity index (χ2v) is 9.84. The van der Waals surface area contributed by atoms with Gasteiger partial charge in [-0.25, -0.2) is 4.52 Å². The highest BCUT2D eigenvalue weighted by atomic mass is 35.5. The first-order valence-electron chi connectivity index (χ1n) is 12.5. The minimum absolute atomic E-state index is 0.586. The van der Waals surface area contributed by atoms with Crippen molar-refractivity contribution in [2.45, 2.75) is 25.7 Å². The molecule has 0 aliphatic carbocycles. The molecule has 2 fully saturated rings. The highest BCUT2D eigenvalue weighted by Gasteiger charge is 2.28. The van der Waals surface area contributed by atoms with E-state index in [4.69, 9.17) is 35.6 Å². The van der Waals surface area contributed by atoms with Crippen molar-refractivity contribution in [2.24, 2.45) is 11.8 Å². The van der Waals surface area contributed by atoms with Crippen molar-refractivity contribution in [1.29, 1.82) is 0 Å². The Morgan fingerprint density at radius 3 is 2.17 bits per heavy atom. The summed E-state index contributed by atoms with van der Waals surface area (Å²) >= 11 is 6.66. The number of fused-ring (bicyclic) bond motifs is 1. The zero-order valence-corrected chi connectivity index (χ0v) is 21.3. The van der Waals surface area contributed by atoms with E-state index in [1.807, 2.05) is 28.8 Å². The Morgan fingerprint density at radius 1 is 0.943 bits per heavy atom. The van der Waals surface area contributed by atoms with Gasteiger partial charge in [0.15, 0.2) is 0 Å². The molecule has 2 aliphatic rings. The Bertz CT molecular complexity index is 1120. The van der Waals surface area contributed by atoms with Crippen LogP contribution in [-0.4, -0.2) is 63.4 Å². The van der Waals surface area contributed by atoms with Gasteiger partial charge in [0.1, 0.15) is 11.4 Å². The molecule has 5 rings (SSSR count). The Labute approximate surface area is 211 Å². The number of rotatable bonds is 8. The summed E-state index contributed by atoms with van der Waals surface area (Å²) in [6.45, 7) is 5.27. The van der Waals surface area contributed by atoms with E-state index in [1.165, 1.54) is 0 Å². The minimum Gasteiger partial charge on any atom is -0.497 e. The summed E-state index contributed by atoms with van der Waals surface area (Å²) < 4.78 is 24.4. The number of ether oxygens (including phenoxy) is 4. The number of nitrogens with zero attached hydrogens (tertiary/aromatic N) is 3. The van der Waals surface area contributed by atoms with Gasteiger partial charge in [0.2, 0.25) is 0 Å². The summed E-state index contributed by atoms with van der Waals surface area (Å²) in [5.74, 6) is 2.54. The first kappa shape index (κ1) is 24.2. The maximum atomic E-state index is 6.66. The number of aromatic nitrogens is 2. The molecule has 1 aromatic carbocycles. The molecule has 7 nitrogen and oxygen atoms in total. The van der Waals surface area contributed by atoms with Crippen molar-refractivity contribution in [3.8, 4) is 22.9 Å². The fraction of sp³-hybridized carbons (Fsp3) is 0.519. The number of halogens is 1. The summed E-state index contributed by atoms with van der Waals surface area (Å²) in [4.78, 5) is 2.51.